The van der Waals surface area contributed by atoms with Gasteiger partial charge in [-0.1, -0.05) is 30.3 Å². The van der Waals surface area contributed by atoms with Gasteiger partial charge in [0.25, 0.3) is 0 Å². The molecule has 0 bridgehead atoms. The van der Waals surface area contributed by atoms with E-state index >= 15 is 0 Å². The van der Waals surface area contributed by atoms with E-state index in [1.807, 2.05) is 19.1 Å². The van der Waals surface area contributed by atoms with Gasteiger partial charge in [0.05, 0.1) is 0 Å². The molecule has 1 N–H and O–H groups in total. The summed E-state index contributed by atoms with van der Waals surface area (Å²) in [6.45, 7) is 4.14. The van der Waals surface area contributed by atoms with Crippen LogP contribution in [0.15, 0.2) is 42.6 Å². The zero-order chi connectivity index (χ0) is 12.8. The summed E-state index contributed by atoms with van der Waals surface area (Å²) in [6.07, 6.45) is 3.93. The highest BCUT2D eigenvalue weighted by Gasteiger charge is 2.04. The molecule has 0 radical (unpaired) electrons. The van der Waals surface area contributed by atoms with Crippen LogP contribution in [0.3, 0.4) is 0 Å². The first-order valence-corrected chi connectivity index (χ1v) is 6.34. The molecule has 0 aliphatic rings. The molecule has 0 saturated heterocycles. The monoisotopic (exact) mass is 241 g/mol. The minimum Gasteiger partial charge on any atom is -0.352 e. The topological polar surface area (TPSA) is 37.8 Å². The minimum absolute atomic E-state index is 0.368. The van der Waals surface area contributed by atoms with Crippen LogP contribution in [-0.4, -0.2) is 16.0 Å². The van der Waals surface area contributed by atoms with Crippen molar-refractivity contribution in [2.75, 3.05) is 5.32 Å². The summed E-state index contributed by atoms with van der Waals surface area (Å²) in [5, 5.41) is 3.33. The second-order valence-corrected chi connectivity index (χ2v) is 4.59. The van der Waals surface area contributed by atoms with Crippen LogP contribution < -0.4 is 5.32 Å². The lowest BCUT2D eigenvalue weighted by Gasteiger charge is -2.13. The van der Waals surface area contributed by atoms with Gasteiger partial charge >= 0.3 is 0 Å². The third kappa shape index (κ3) is 3.84. The van der Waals surface area contributed by atoms with Gasteiger partial charge in [0.2, 0.25) is 5.95 Å². The Morgan fingerprint density at radius 3 is 2.67 bits per heavy atom. The highest BCUT2D eigenvalue weighted by atomic mass is 15.1. The van der Waals surface area contributed by atoms with Crippen molar-refractivity contribution in [3.63, 3.8) is 0 Å². The fourth-order valence-corrected chi connectivity index (χ4v) is 1.84. The minimum atomic E-state index is 0.368. The van der Waals surface area contributed by atoms with Crippen LogP contribution in [0.2, 0.25) is 0 Å². The molecule has 94 valence electrons. The lowest BCUT2D eigenvalue weighted by Crippen LogP contribution is -2.18. The van der Waals surface area contributed by atoms with Gasteiger partial charge in [-0.15, -0.1) is 0 Å². The van der Waals surface area contributed by atoms with Crippen LogP contribution in [-0.2, 0) is 6.42 Å². The first-order chi connectivity index (χ1) is 8.74. The Bertz CT molecular complexity index is 482. The van der Waals surface area contributed by atoms with Crippen molar-refractivity contribution < 1.29 is 0 Å². The predicted molar refractivity (Wildman–Crippen MR) is 74.6 cm³/mol. The number of rotatable bonds is 5. The van der Waals surface area contributed by atoms with Crippen LogP contribution in [0.25, 0.3) is 0 Å². The second-order valence-electron chi connectivity index (χ2n) is 4.59. The zero-order valence-corrected chi connectivity index (χ0v) is 10.9. The number of hydrogen-bond donors (Lipinski definition) is 1. The fraction of sp³-hybridized carbons (Fsp3) is 0.333. The van der Waals surface area contributed by atoms with E-state index in [4.69, 9.17) is 0 Å². The van der Waals surface area contributed by atoms with E-state index in [-0.39, 0.29) is 0 Å². The molecule has 1 atom stereocenters. The normalized spacial score (nSPS) is 12.1. The lowest BCUT2D eigenvalue weighted by atomic mass is 10.1. The molecule has 1 unspecified atom stereocenters. The van der Waals surface area contributed by atoms with Crippen molar-refractivity contribution in [1.29, 1.82) is 0 Å². The summed E-state index contributed by atoms with van der Waals surface area (Å²) in [5.74, 6) is 0.718. The Balaban J connectivity index is 1.84. The van der Waals surface area contributed by atoms with Gasteiger partial charge in [-0.05, 0) is 38.3 Å². The zero-order valence-electron chi connectivity index (χ0n) is 10.9. The number of aryl methyl sites for hydroxylation is 2. The highest BCUT2D eigenvalue weighted by molar-refractivity contribution is 5.26. The van der Waals surface area contributed by atoms with E-state index in [9.17, 15) is 0 Å². The van der Waals surface area contributed by atoms with E-state index in [0.717, 1.165) is 24.5 Å². The van der Waals surface area contributed by atoms with E-state index in [0.29, 0.717) is 6.04 Å². The van der Waals surface area contributed by atoms with Crippen molar-refractivity contribution in [3.8, 4) is 0 Å². The molecule has 1 heterocycles. The first-order valence-electron chi connectivity index (χ1n) is 6.34. The number of nitrogens with zero attached hydrogens (tertiary/aromatic N) is 2. The van der Waals surface area contributed by atoms with Crippen LogP contribution in [0.4, 0.5) is 5.95 Å². The summed E-state index contributed by atoms with van der Waals surface area (Å²) < 4.78 is 0. The highest BCUT2D eigenvalue weighted by Crippen LogP contribution is 2.08. The van der Waals surface area contributed by atoms with Crippen LogP contribution >= 0.6 is 0 Å². The van der Waals surface area contributed by atoms with Gasteiger partial charge in [0, 0.05) is 17.9 Å². The molecule has 3 nitrogen and oxygen atoms in total. The Hall–Kier alpha value is -1.90. The standard InChI is InChI=1S/C15H19N3/c1-12(8-9-14-6-4-3-5-7-14)17-15-16-11-10-13(2)18-15/h3-7,10-12H,8-9H2,1-2H3,(H,16,17,18). The van der Waals surface area contributed by atoms with Crippen LogP contribution in [0.5, 0.6) is 0 Å². The van der Waals surface area contributed by atoms with Crippen molar-refractivity contribution in [1.82, 2.24) is 9.97 Å². The molecule has 0 saturated carbocycles. The Morgan fingerprint density at radius 2 is 1.94 bits per heavy atom. The van der Waals surface area contributed by atoms with E-state index < -0.39 is 0 Å². The van der Waals surface area contributed by atoms with Crippen LogP contribution in [0, 0.1) is 6.92 Å². The van der Waals surface area contributed by atoms with Crippen molar-refractivity contribution in [2.45, 2.75) is 32.7 Å². The van der Waals surface area contributed by atoms with Crippen molar-refractivity contribution in [3.05, 3.63) is 53.9 Å². The summed E-state index contributed by atoms with van der Waals surface area (Å²) in [6, 6.07) is 12.8. The third-order valence-corrected chi connectivity index (χ3v) is 2.88. The molecule has 0 fully saturated rings. The molecule has 18 heavy (non-hydrogen) atoms. The first kappa shape index (κ1) is 12.6. The average Bonchev–Trinajstić information content (AvgIpc) is 2.38. The SMILES string of the molecule is Cc1ccnc(NC(C)CCc2ccccc2)n1. The summed E-state index contributed by atoms with van der Waals surface area (Å²) >= 11 is 0. The average molecular weight is 241 g/mol. The molecule has 2 aromatic rings. The lowest BCUT2D eigenvalue weighted by molar-refractivity contribution is 0.698. The number of hydrogen-bond acceptors (Lipinski definition) is 3. The van der Waals surface area contributed by atoms with E-state index in [1.54, 1.807) is 6.20 Å². The predicted octanol–water partition coefficient (Wildman–Crippen LogP) is 3.22. The fourth-order valence-electron chi connectivity index (χ4n) is 1.84. The number of aromatic nitrogens is 2. The van der Waals surface area contributed by atoms with E-state index in [2.05, 4.69) is 46.5 Å². The van der Waals surface area contributed by atoms with Gasteiger partial charge in [0.1, 0.15) is 0 Å². The Kier molecular flexibility index (Phi) is 4.29. The second kappa shape index (κ2) is 6.15. The summed E-state index contributed by atoms with van der Waals surface area (Å²) in [4.78, 5) is 8.56. The van der Waals surface area contributed by atoms with Gasteiger partial charge < -0.3 is 5.32 Å². The smallest absolute Gasteiger partial charge is 0.223 e. The van der Waals surface area contributed by atoms with Crippen molar-refractivity contribution in [2.24, 2.45) is 0 Å². The number of nitrogens with one attached hydrogen (secondary N) is 1. The molecular formula is C15H19N3. The number of benzene rings is 1. The van der Waals surface area contributed by atoms with Gasteiger partial charge in [-0.2, -0.15) is 0 Å². The summed E-state index contributed by atoms with van der Waals surface area (Å²) in [5.41, 5.74) is 2.36. The molecule has 0 spiro atoms. The molecule has 0 aliphatic carbocycles. The van der Waals surface area contributed by atoms with E-state index in [1.165, 1.54) is 5.56 Å². The quantitative estimate of drug-likeness (QED) is 0.873. The van der Waals surface area contributed by atoms with Gasteiger partial charge in [-0.25, -0.2) is 9.97 Å². The van der Waals surface area contributed by atoms with Crippen LogP contribution in [0.1, 0.15) is 24.6 Å². The molecular weight excluding hydrogens is 222 g/mol. The molecule has 1 aromatic heterocycles. The Morgan fingerprint density at radius 1 is 1.17 bits per heavy atom. The number of anilines is 1. The summed E-state index contributed by atoms with van der Waals surface area (Å²) in [7, 11) is 0. The van der Waals surface area contributed by atoms with Crippen molar-refractivity contribution >= 4 is 5.95 Å². The maximum Gasteiger partial charge on any atom is 0.223 e. The third-order valence-electron chi connectivity index (χ3n) is 2.88. The largest absolute Gasteiger partial charge is 0.352 e. The van der Waals surface area contributed by atoms with Gasteiger partial charge in [0.15, 0.2) is 0 Å². The molecule has 1 aromatic carbocycles. The maximum atomic E-state index is 4.35. The Labute approximate surface area is 108 Å². The molecule has 2 rings (SSSR count). The van der Waals surface area contributed by atoms with Gasteiger partial charge in [-0.3, -0.25) is 0 Å². The molecule has 0 amide bonds. The molecule has 0 aliphatic heterocycles. The maximum absolute atomic E-state index is 4.35. The molecule has 3 heteroatoms.